The standard InChI is InChI=1S/C13H17NO3/c1-2-16-13(15)11-12(17-7-14-11)10-6-8-3-4-9(10)5-8/h7-10H,2-6H2,1H3. The van der Waals surface area contributed by atoms with Crippen LogP contribution in [-0.2, 0) is 4.74 Å². The van der Waals surface area contributed by atoms with Crippen molar-refractivity contribution < 1.29 is 13.9 Å². The number of oxazole rings is 1. The minimum atomic E-state index is -0.348. The Morgan fingerprint density at radius 3 is 3.06 bits per heavy atom. The zero-order chi connectivity index (χ0) is 11.8. The normalized spacial score (nSPS) is 30.8. The highest BCUT2D eigenvalue weighted by molar-refractivity contribution is 5.88. The Labute approximate surface area is 100 Å². The van der Waals surface area contributed by atoms with Gasteiger partial charge >= 0.3 is 5.97 Å². The Bertz CT molecular complexity index is 426. The summed E-state index contributed by atoms with van der Waals surface area (Å²) in [6.07, 6.45) is 6.40. The molecular weight excluding hydrogens is 218 g/mol. The first-order chi connectivity index (χ1) is 8.29. The quantitative estimate of drug-likeness (QED) is 0.756. The maximum absolute atomic E-state index is 11.7. The molecule has 92 valence electrons. The van der Waals surface area contributed by atoms with E-state index in [4.69, 9.17) is 9.15 Å². The predicted molar refractivity (Wildman–Crippen MR) is 60.6 cm³/mol. The fraction of sp³-hybridized carbons (Fsp3) is 0.692. The summed E-state index contributed by atoms with van der Waals surface area (Å²) in [5.41, 5.74) is 0.393. The summed E-state index contributed by atoms with van der Waals surface area (Å²) in [7, 11) is 0. The van der Waals surface area contributed by atoms with Crippen molar-refractivity contribution >= 4 is 5.97 Å². The average Bonchev–Trinajstić information content (AvgIpc) is 3.04. The van der Waals surface area contributed by atoms with Gasteiger partial charge in [0.25, 0.3) is 0 Å². The molecule has 0 saturated heterocycles. The summed E-state index contributed by atoms with van der Waals surface area (Å²) in [4.78, 5) is 15.8. The second-order valence-electron chi connectivity index (χ2n) is 5.07. The smallest absolute Gasteiger partial charge is 0.360 e. The van der Waals surface area contributed by atoms with E-state index in [9.17, 15) is 4.79 Å². The number of nitrogens with zero attached hydrogens (tertiary/aromatic N) is 1. The van der Waals surface area contributed by atoms with E-state index in [0.717, 1.165) is 18.1 Å². The maximum atomic E-state index is 11.7. The van der Waals surface area contributed by atoms with Gasteiger partial charge in [0.05, 0.1) is 6.61 Å². The van der Waals surface area contributed by atoms with Crippen LogP contribution in [0, 0.1) is 11.8 Å². The van der Waals surface area contributed by atoms with Crippen LogP contribution in [0.1, 0.15) is 54.8 Å². The van der Waals surface area contributed by atoms with Gasteiger partial charge in [-0.1, -0.05) is 6.42 Å². The monoisotopic (exact) mass is 235 g/mol. The first kappa shape index (κ1) is 10.8. The van der Waals surface area contributed by atoms with Crippen LogP contribution < -0.4 is 0 Å². The first-order valence-corrected chi connectivity index (χ1v) is 6.40. The SMILES string of the molecule is CCOC(=O)c1ncoc1C1CC2CCC1C2. The molecule has 1 heterocycles. The first-order valence-electron chi connectivity index (χ1n) is 6.40. The molecule has 2 saturated carbocycles. The number of hydrogen-bond acceptors (Lipinski definition) is 4. The molecule has 17 heavy (non-hydrogen) atoms. The zero-order valence-corrected chi connectivity index (χ0v) is 10.0. The van der Waals surface area contributed by atoms with Crippen LogP contribution in [0.25, 0.3) is 0 Å². The van der Waals surface area contributed by atoms with Crippen LogP contribution in [0.2, 0.25) is 0 Å². The molecule has 0 spiro atoms. The Balaban J connectivity index is 1.84. The van der Waals surface area contributed by atoms with Gasteiger partial charge in [-0.2, -0.15) is 0 Å². The van der Waals surface area contributed by atoms with E-state index in [0.29, 0.717) is 24.1 Å². The summed E-state index contributed by atoms with van der Waals surface area (Å²) in [6, 6.07) is 0. The number of carbonyl (C=O) groups is 1. The van der Waals surface area contributed by atoms with Crippen molar-refractivity contribution in [1.29, 1.82) is 0 Å². The van der Waals surface area contributed by atoms with Crippen molar-refractivity contribution in [3.05, 3.63) is 17.8 Å². The molecular formula is C13H17NO3. The van der Waals surface area contributed by atoms with Crippen LogP contribution >= 0.6 is 0 Å². The molecule has 4 nitrogen and oxygen atoms in total. The predicted octanol–water partition coefficient (Wildman–Crippen LogP) is 2.75. The molecule has 0 amide bonds. The molecule has 2 fully saturated rings. The minimum Gasteiger partial charge on any atom is -0.461 e. The summed E-state index contributed by atoms with van der Waals surface area (Å²) < 4.78 is 10.5. The molecule has 0 radical (unpaired) electrons. The van der Waals surface area contributed by atoms with Gasteiger partial charge in [-0.15, -0.1) is 0 Å². The van der Waals surface area contributed by atoms with Crippen molar-refractivity contribution in [3.63, 3.8) is 0 Å². The van der Waals surface area contributed by atoms with Gasteiger partial charge in [0.2, 0.25) is 0 Å². The largest absolute Gasteiger partial charge is 0.461 e. The number of rotatable bonds is 3. The molecule has 0 N–H and O–H groups in total. The average molecular weight is 235 g/mol. The third-order valence-corrected chi connectivity index (χ3v) is 4.14. The van der Waals surface area contributed by atoms with Crippen molar-refractivity contribution in [2.75, 3.05) is 6.61 Å². The Morgan fingerprint density at radius 1 is 1.53 bits per heavy atom. The lowest BCUT2D eigenvalue weighted by atomic mass is 9.86. The van der Waals surface area contributed by atoms with Gasteiger partial charge in [0.15, 0.2) is 12.1 Å². The Hall–Kier alpha value is -1.32. The van der Waals surface area contributed by atoms with E-state index in [-0.39, 0.29) is 5.97 Å². The molecule has 4 heteroatoms. The molecule has 0 aliphatic heterocycles. The van der Waals surface area contributed by atoms with E-state index < -0.39 is 0 Å². The summed E-state index contributed by atoms with van der Waals surface area (Å²) in [5.74, 6) is 2.30. The van der Waals surface area contributed by atoms with Crippen molar-refractivity contribution in [1.82, 2.24) is 4.98 Å². The van der Waals surface area contributed by atoms with Crippen LogP contribution in [0.4, 0.5) is 0 Å². The second-order valence-corrected chi connectivity index (χ2v) is 5.07. The highest BCUT2D eigenvalue weighted by Gasteiger charge is 2.43. The van der Waals surface area contributed by atoms with Gasteiger partial charge in [0.1, 0.15) is 5.76 Å². The van der Waals surface area contributed by atoms with Crippen molar-refractivity contribution in [2.45, 2.75) is 38.5 Å². The number of aromatic nitrogens is 1. The lowest BCUT2D eigenvalue weighted by molar-refractivity contribution is 0.0516. The van der Waals surface area contributed by atoms with E-state index in [1.54, 1.807) is 6.92 Å². The highest BCUT2D eigenvalue weighted by Crippen LogP contribution is 2.53. The number of fused-ring (bicyclic) bond motifs is 2. The molecule has 1 aromatic heterocycles. The van der Waals surface area contributed by atoms with E-state index in [1.807, 2.05) is 0 Å². The molecule has 0 aromatic carbocycles. The van der Waals surface area contributed by atoms with Crippen LogP contribution in [0.3, 0.4) is 0 Å². The second kappa shape index (κ2) is 4.17. The van der Waals surface area contributed by atoms with Gasteiger partial charge < -0.3 is 9.15 Å². The van der Waals surface area contributed by atoms with Gasteiger partial charge in [0, 0.05) is 5.92 Å². The number of carbonyl (C=O) groups excluding carboxylic acids is 1. The summed E-state index contributed by atoms with van der Waals surface area (Å²) in [5, 5.41) is 0. The van der Waals surface area contributed by atoms with Crippen LogP contribution in [0.5, 0.6) is 0 Å². The molecule has 3 unspecified atom stereocenters. The molecule has 3 rings (SSSR count). The van der Waals surface area contributed by atoms with Crippen molar-refractivity contribution in [2.24, 2.45) is 11.8 Å². The maximum Gasteiger partial charge on any atom is 0.360 e. The number of esters is 1. The summed E-state index contributed by atoms with van der Waals surface area (Å²) in [6.45, 7) is 2.18. The van der Waals surface area contributed by atoms with Crippen LogP contribution in [-0.4, -0.2) is 17.6 Å². The van der Waals surface area contributed by atoms with E-state index >= 15 is 0 Å². The number of hydrogen-bond donors (Lipinski definition) is 0. The van der Waals surface area contributed by atoms with Crippen LogP contribution in [0.15, 0.2) is 10.8 Å². The molecule has 3 atom stereocenters. The van der Waals surface area contributed by atoms with Gasteiger partial charge in [-0.3, -0.25) is 0 Å². The molecule has 2 bridgehead atoms. The fourth-order valence-electron chi connectivity index (χ4n) is 3.44. The van der Waals surface area contributed by atoms with Crippen molar-refractivity contribution in [3.8, 4) is 0 Å². The minimum absolute atomic E-state index is 0.348. The molecule has 2 aliphatic carbocycles. The number of ether oxygens (including phenoxy) is 1. The lowest BCUT2D eigenvalue weighted by Gasteiger charge is -2.19. The Morgan fingerprint density at radius 2 is 2.41 bits per heavy atom. The van der Waals surface area contributed by atoms with Gasteiger partial charge in [-0.05, 0) is 38.0 Å². The van der Waals surface area contributed by atoms with E-state index in [1.165, 1.54) is 25.7 Å². The summed E-state index contributed by atoms with van der Waals surface area (Å²) >= 11 is 0. The zero-order valence-electron chi connectivity index (χ0n) is 10.0. The Kier molecular flexibility index (Phi) is 2.65. The third kappa shape index (κ3) is 1.75. The fourth-order valence-corrected chi connectivity index (χ4v) is 3.44. The topological polar surface area (TPSA) is 52.3 Å². The lowest BCUT2D eigenvalue weighted by Crippen LogP contribution is -2.14. The highest BCUT2D eigenvalue weighted by atomic mass is 16.5. The molecule has 1 aromatic rings. The van der Waals surface area contributed by atoms with Gasteiger partial charge in [-0.25, -0.2) is 9.78 Å². The van der Waals surface area contributed by atoms with E-state index in [2.05, 4.69) is 4.98 Å². The molecule has 2 aliphatic rings. The third-order valence-electron chi connectivity index (χ3n) is 4.14.